The van der Waals surface area contributed by atoms with Gasteiger partial charge in [-0.05, 0) is 57.8 Å². The Morgan fingerprint density at radius 2 is 1.42 bits per heavy atom. The highest BCUT2D eigenvalue weighted by Crippen LogP contribution is 2.27. The van der Waals surface area contributed by atoms with E-state index in [9.17, 15) is 0 Å². The van der Waals surface area contributed by atoms with Crippen LogP contribution in [-0.2, 0) is 0 Å². The van der Waals surface area contributed by atoms with Gasteiger partial charge in [0.15, 0.2) is 0 Å². The molecule has 0 fully saturated rings. The molecule has 0 bridgehead atoms. The maximum Gasteiger partial charge on any atom is 0.0130 e. The molecule has 2 aromatic rings. The van der Waals surface area contributed by atoms with Crippen LogP contribution in [0.3, 0.4) is 0 Å². The number of benzene rings is 2. The molecule has 0 nitrogen and oxygen atoms in total. The molecular weight excluding hydrogens is 343 g/mol. The lowest BCUT2D eigenvalue weighted by Crippen LogP contribution is -1.95. The summed E-state index contributed by atoms with van der Waals surface area (Å²) in [6, 6.07) is 17.6. The molecule has 0 aromatic heterocycles. The van der Waals surface area contributed by atoms with Crippen LogP contribution in [0.25, 0.3) is 11.1 Å². The Morgan fingerprint density at radius 3 is 2.00 bits per heavy atom. The second kappa shape index (κ2) is 5.74. The van der Waals surface area contributed by atoms with Crippen molar-refractivity contribution in [2.24, 2.45) is 0 Å². The molecular formula is C18H15I. The lowest BCUT2D eigenvalue weighted by molar-refractivity contribution is 0.854. The first-order valence-electron chi connectivity index (χ1n) is 6.52. The Balaban J connectivity index is 1.84. The topological polar surface area (TPSA) is 0 Å². The third-order valence-corrected chi connectivity index (χ3v) is 4.22. The van der Waals surface area contributed by atoms with Crippen molar-refractivity contribution in [3.8, 4) is 11.1 Å². The largest absolute Gasteiger partial charge is 0.0836 e. The Labute approximate surface area is 128 Å². The second-order valence-electron chi connectivity index (χ2n) is 4.78. The van der Waals surface area contributed by atoms with Crippen LogP contribution in [0.15, 0.2) is 72.8 Å². The van der Waals surface area contributed by atoms with Crippen molar-refractivity contribution in [2.45, 2.75) is 12.3 Å². The lowest BCUT2D eigenvalue weighted by Gasteiger charge is -2.14. The maximum atomic E-state index is 2.34. The van der Waals surface area contributed by atoms with Gasteiger partial charge in [0.1, 0.15) is 0 Å². The van der Waals surface area contributed by atoms with E-state index in [-0.39, 0.29) is 0 Å². The molecule has 2 aromatic carbocycles. The molecule has 0 saturated carbocycles. The minimum absolute atomic E-state index is 0.538. The maximum absolute atomic E-state index is 2.34. The SMILES string of the molecule is Ic1ccc(-c2ccc(C3C=CC=CC3)cc2)cc1. The molecule has 0 heterocycles. The zero-order valence-corrected chi connectivity index (χ0v) is 12.7. The summed E-state index contributed by atoms with van der Waals surface area (Å²) in [7, 11) is 0. The van der Waals surface area contributed by atoms with Crippen LogP contribution < -0.4 is 0 Å². The van der Waals surface area contributed by atoms with Crippen LogP contribution in [0, 0.1) is 3.57 Å². The molecule has 19 heavy (non-hydrogen) atoms. The summed E-state index contributed by atoms with van der Waals surface area (Å²) in [5.74, 6) is 0.538. The Kier molecular flexibility index (Phi) is 3.83. The summed E-state index contributed by atoms with van der Waals surface area (Å²) in [5, 5.41) is 0. The van der Waals surface area contributed by atoms with Crippen molar-refractivity contribution in [2.75, 3.05) is 0 Å². The fourth-order valence-corrected chi connectivity index (χ4v) is 2.75. The van der Waals surface area contributed by atoms with Crippen molar-refractivity contribution in [3.05, 3.63) is 82.0 Å². The predicted molar refractivity (Wildman–Crippen MR) is 90.2 cm³/mol. The second-order valence-corrected chi connectivity index (χ2v) is 6.03. The molecule has 3 rings (SSSR count). The van der Waals surface area contributed by atoms with E-state index in [1.807, 2.05) is 0 Å². The van der Waals surface area contributed by atoms with E-state index in [4.69, 9.17) is 0 Å². The zero-order chi connectivity index (χ0) is 13.1. The van der Waals surface area contributed by atoms with E-state index in [0.29, 0.717) is 5.92 Å². The molecule has 1 atom stereocenters. The van der Waals surface area contributed by atoms with E-state index >= 15 is 0 Å². The molecule has 0 radical (unpaired) electrons. The van der Waals surface area contributed by atoms with Crippen molar-refractivity contribution in [3.63, 3.8) is 0 Å². The molecule has 1 unspecified atom stereocenters. The number of allylic oxidation sites excluding steroid dienone is 4. The third-order valence-electron chi connectivity index (χ3n) is 3.50. The van der Waals surface area contributed by atoms with E-state index < -0.39 is 0 Å². The molecule has 1 heteroatoms. The van der Waals surface area contributed by atoms with Crippen molar-refractivity contribution in [1.82, 2.24) is 0 Å². The molecule has 0 spiro atoms. The summed E-state index contributed by atoms with van der Waals surface area (Å²) in [4.78, 5) is 0. The molecule has 0 aliphatic heterocycles. The molecule has 0 N–H and O–H groups in total. The fraction of sp³-hybridized carbons (Fsp3) is 0.111. The van der Waals surface area contributed by atoms with Gasteiger partial charge in [0.05, 0.1) is 0 Å². The monoisotopic (exact) mass is 358 g/mol. The number of hydrogen-bond acceptors (Lipinski definition) is 0. The first-order valence-corrected chi connectivity index (χ1v) is 7.60. The molecule has 94 valence electrons. The van der Waals surface area contributed by atoms with E-state index in [1.165, 1.54) is 20.3 Å². The summed E-state index contributed by atoms with van der Waals surface area (Å²) in [6.45, 7) is 0. The first-order chi connectivity index (χ1) is 9.33. The minimum Gasteiger partial charge on any atom is -0.0836 e. The summed E-state index contributed by atoms with van der Waals surface area (Å²) in [5.41, 5.74) is 3.97. The number of halogens is 1. The minimum atomic E-state index is 0.538. The summed E-state index contributed by atoms with van der Waals surface area (Å²) < 4.78 is 1.28. The van der Waals surface area contributed by atoms with Gasteiger partial charge in [0, 0.05) is 9.49 Å². The number of rotatable bonds is 2. The van der Waals surface area contributed by atoms with E-state index in [1.54, 1.807) is 0 Å². The summed E-state index contributed by atoms with van der Waals surface area (Å²) in [6.07, 6.45) is 9.88. The van der Waals surface area contributed by atoms with Gasteiger partial charge in [-0.2, -0.15) is 0 Å². The van der Waals surface area contributed by atoms with Gasteiger partial charge < -0.3 is 0 Å². The Bertz CT molecular complexity index is 603. The average Bonchev–Trinajstić information content (AvgIpc) is 2.49. The van der Waals surface area contributed by atoms with Gasteiger partial charge in [0.2, 0.25) is 0 Å². The van der Waals surface area contributed by atoms with Gasteiger partial charge in [-0.25, -0.2) is 0 Å². The third kappa shape index (κ3) is 2.98. The summed E-state index contributed by atoms with van der Waals surface area (Å²) >= 11 is 2.34. The van der Waals surface area contributed by atoms with Crippen molar-refractivity contribution >= 4 is 22.6 Å². The van der Waals surface area contributed by atoms with Crippen LogP contribution in [0.5, 0.6) is 0 Å². The normalized spacial score (nSPS) is 17.6. The van der Waals surface area contributed by atoms with Crippen LogP contribution in [0.4, 0.5) is 0 Å². The number of hydrogen-bond donors (Lipinski definition) is 0. The molecule has 1 aliphatic carbocycles. The molecule has 0 saturated heterocycles. The Hall–Kier alpha value is -1.35. The molecule has 0 amide bonds. The highest BCUT2D eigenvalue weighted by atomic mass is 127. The predicted octanol–water partition coefficient (Wildman–Crippen LogP) is 5.56. The van der Waals surface area contributed by atoms with E-state index in [0.717, 1.165) is 6.42 Å². The fourth-order valence-electron chi connectivity index (χ4n) is 2.39. The Morgan fingerprint density at radius 1 is 0.789 bits per heavy atom. The molecule has 1 aliphatic rings. The van der Waals surface area contributed by atoms with Crippen LogP contribution in [0.1, 0.15) is 17.9 Å². The van der Waals surface area contributed by atoms with Gasteiger partial charge >= 0.3 is 0 Å². The van der Waals surface area contributed by atoms with E-state index in [2.05, 4.69) is 95.4 Å². The smallest absolute Gasteiger partial charge is 0.0130 e. The van der Waals surface area contributed by atoms with Crippen LogP contribution >= 0.6 is 22.6 Å². The van der Waals surface area contributed by atoms with Gasteiger partial charge in [-0.3, -0.25) is 0 Å². The quantitative estimate of drug-likeness (QED) is 0.617. The van der Waals surface area contributed by atoms with Crippen LogP contribution in [0.2, 0.25) is 0 Å². The van der Waals surface area contributed by atoms with Crippen molar-refractivity contribution in [1.29, 1.82) is 0 Å². The van der Waals surface area contributed by atoms with Gasteiger partial charge in [0.25, 0.3) is 0 Å². The first kappa shape index (κ1) is 12.7. The highest BCUT2D eigenvalue weighted by molar-refractivity contribution is 14.1. The van der Waals surface area contributed by atoms with Gasteiger partial charge in [-0.1, -0.05) is 60.7 Å². The lowest BCUT2D eigenvalue weighted by atomic mass is 9.91. The zero-order valence-electron chi connectivity index (χ0n) is 10.6. The van der Waals surface area contributed by atoms with Crippen LogP contribution in [-0.4, -0.2) is 0 Å². The highest BCUT2D eigenvalue weighted by Gasteiger charge is 2.08. The van der Waals surface area contributed by atoms with Crippen molar-refractivity contribution < 1.29 is 0 Å². The average molecular weight is 358 g/mol. The van der Waals surface area contributed by atoms with Gasteiger partial charge in [-0.15, -0.1) is 0 Å². The standard InChI is InChI=1S/C18H15I/c19-18-12-10-17(11-13-18)16-8-6-15(7-9-16)14-4-2-1-3-5-14/h1-4,6-14H,5H2.